The predicted molar refractivity (Wildman–Crippen MR) is 73.8 cm³/mol. The summed E-state index contributed by atoms with van der Waals surface area (Å²) in [4.78, 5) is 0.221. The minimum absolute atomic E-state index is 0.221. The van der Waals surface area contributed by atoms with Gasteiger partial charge in [-0.05, 0) is 62.4 Å². The number of hydrogen-bond acceptors (Lipinski definition) is 1. The van der Waals surface area contributed by atoms with Gasteiger partial charge in [0.2, 0.25) is 0 Å². The van der Waals surface area contributed by atoms with Crippen LogP contribution in [-0.4, -0.2) is 0 Å². The average molecular weight is 364 g/mol. The Balaban J connectivity index is 2.14. The van der Waals surface area contributed by atoms with Crippen LogP contribution in [0, 0.1) is 5.82 Å². The highest BCUT2D eigenvalue weighted by Crippen LogP contribution is 2.30. The van der Waals surface area contributed by atoms with E-state index < -0.39 is 0 Å². The molecular formula is C12H9Br2FS. The largest absolute Gasteiger partial charge is 0.206 e. The predicted octanol–water partition coefficient (Wildman–Crippen LogP) is 5.33. The van der Waals surface area contributed by atoms with E-state index in [1.165, 1.54) is 11.6 Å². The number of benzene rings is 1. The Morgan fingerprint density at radius 3 is 2.75 bits per heavy atom. The highest BCUT2D eigenvalue weighted by Gasteiger charge is 2.10. The molecule has 0 N–H and O–H groups in total. The third-order valence-corrected chi connectivity index (χ3v) is 4.49. The van der Waals surface area contributed by atoms with Crippen molar-refractivity contribution in [2.24, 2.45) is 0 Å². The van der Waals surface area contributed by atoms with Crippen molar-refractivity contribution in [3.05, 3.63) is 56.4 Å². The third-order valence-electron chi connectivity index (χ3n) is 2.30. The van der Waals surface area contributed by atoms with E-state index in [4.69, 9.17) is 0 Å². The van der Waals surface area contributed by atoms with Crippen molar-refractivity contribution < 1.29 is 4.39 Å². The number of thiophene rings is 1. The summed E-state index contributed by atoms with van der Waals surface area (Å²) in [5, 5.41) is 4.20. The smallest absolute Gasteiger partial charge is 0.137 e. The molecule has 1 atom stereocenters. The highest BCUT2D eigenvalue weighted by atomic mass is 79.9. The van der Waals surface area contributed by atoms with Crippen LogP contribution in [0.25, 0.3) is 0 Å². The van der Waals surface area contributed by atoms with Gasteiger partial charge in [-0.3, -0.25) is 0 Å². The number of alkyl halides is 1. The molecule has 2 rings (SSSR count). The first kappa shape index (κ1) is 12.3. The van der Waals surface area contributed by atoms with Crippen LogP contribution in [0.4, 0.5) is 4.39 Å². The fourth-order valence-corrected chi connectivity index (χ4v) is 3.18. The molecule has 0 aliphatic carbocycles. The van der Waals surface area contributed by atoms with Crippen LogP contribution in [-0.2, 0) is 6.42 Å². The minimum atomic E-state index is -0.223. The van der Waals surface area contributed by atoms with E-state index in [0.29, 0.717) is 4.47 Å². The van der Waals surface area contributed by atoms with E-state index in [0.717, 1.165) is 12.0 Å². The molecule has 0 nitrogen and oxygen atoms in total. The summed E-state index contributed by atoms with van der Waals surface area (Å²) < 4.78 is 13.6. The molecule has 0 aliphatic heterocycles. The Morgan fingerprint density at radius 2 is 2.12 bits per heavy atom. The fraction of sp³-hybridized carbons (Fsp3) is 0.167. The highest BCUT2D eigenvalue weighted by molar-refractivity contribution is 9.10. The van der Waals surface area contributed by atoms with E-state index in [9.17, 15) is 4.39 Å². The van der Waals surface area contributed by atoms with Gasteiger partial charge in [-0.15, -0.1) is 0 Å². The van der Waals surface area contributed by atoms with Crippen LogP contribution in [0.1, 0.15) is 16.0 Å². The van der Waals surface area contributed by atoms with Crippen molar-refractivity contribution in [3.8, 4) is 0 Å². The van der Waals surface area contributed by atoms with E-state index in [2.05, 4.69) is 48.7 Å². The Bertz CT molecular complexity index is 468. The lowest BCUT2D eigenvalue weighted by Crippen LogP contribution is -1.94. The molecule has 1 unspecified atom stereocenters. The van der Waals surface area contributed by atoms with Gasteiger partial charge in [0.1, 0.15) is 5.82 Å². The van der Waals surface area contributed by atoms with Crippen molar-refractivity contribution in [2.45, 2.75) is 11.2 Å². The molecule has 1 aromatic heterocycles. The zero-order valence-electron chi connectivity index (χ0n) is 8.29. The Labute approximate surface area is 115 Å². The first-order valence-electron chi connectivity index (χ1n) is 4.77. The maximum Gasteiger partial charge on any atom is 0.137 e. The third kappa shape index (κ3) is 2.93. The van der Waals surface area contributed by atoms with Crippen LogP contribution < -0.4 is 0 Å². The summed E-state index contributed by atoms with van der Waals surface area (Å²) in [5.74, 6) is -0.223. The van der Waals surface area contributed by atoms with Crippen LogP contribution in [0.5, 0.6) is 0 Å². The molecule has 16 heavy (non-hydrogen) atoms. The van der Waals surface area contributed by atoms with Gasteiger partial charge in [-0.25, -0.2) is 4.39 Å². The van der Waals surface area contributed by atoms with Crippen LogP contribution in [0.2, 0.25) is 0 Å². The van der Waals surface area contributed by atoms with Gasteiger partial charge in [-0.1, -0.05) is 22.0 Å². The van der Waals surface area contributed by atoms with E-state index >= 15 is 0 Å². The lowest BCUT2D eigenvalue weighted by molar-refractivity contribution is 0.620. The number of hydrogen-bond donors (Lipinski definition) is 0. The second-order valence-electron chi connectivity index (χ2n) is 3.48. The summed E-state index contributed by atoms with van der Waals surface area (Å²) in [6.45, 7) is 0. The molecule has 0 saturated carbocycles. The van der Waals surface area contributed by atoms with Gasteiger partial charge in [0.25, 0.3) is 0 Å². The lowest BCUT2D eigenvalue weighted by Gasteiger charge is -2.09. The molecule has 0 amide bonds. The molecule has 4 heteroatoms. The summed E-state index contributed by atoms with van der Waals surface area (Å²) in [5.41, 5.74) is 2.38. The van der Waals surface area contributed by atoms with Crippen LogP contribution in [0.15, 0.2) is 39.5 Å². The zero-order chi connectivity index (χ0) is 11.5. The van der Waals surface area contributed by atoms with Gasteiger partial charge in [0, 0.05) is 4.83 Å². The molecule has 0 spiro atoms. The first-order chi connectivity index (χ1) is 7.66. The molecule has 0 bridgehead atoms. The zero-order valence-corrected chi connectivity index (χ0v) is 12.3. The Morgan fingerprint density at radius 1 is 1.31 bits per heavy atom. The van der Waals surface area contributed by atoms with Crippen LogP contribution in [0.3, 0.4) is 0 Å². The number of halogens is 3. The molecule has 1 aromatic carbocycles. The molecule has 0 fully saturated rings. The number of rotatable bonds is 3. The normalized spacial score (nSPS) is 12.7. The van der Waals surface area contributed by atoms with Gasteiger partial charge in [-0.2, -0.15) is 11.3 Å². The molecule has 84 valence electrons. The molecule has 0 saturated heterocycles. The monoisotopic (exact) mass is 362 g/mol. The molecule has 1 heterocycles. The maximum atomic E-state index is 13.1. The van der Waals surface area contributed by atoms with E-state index in [1.54, 1.807) is 11.3 Å². The van der Waals surface area contributed by atoms with Crippen molar-refractivity contribution in [2.75, 3.05) is 0 Å². The maximum absolute atomic E-state index is 13.1. The fourth-order valence-electron chi connectivity index (χ4n) is 1.44. The summed E-state index contributed by atoms with van der Waals surface area (Å²) in [6.07, 6.45) is 0.918. The van der Waals surface area contributed by atoms with Crippen molar-refractivity contribution in [3.63, 3.8) is 0 Å². The van der Waals surface area contributed by atoms with Crippen molar-refractivity contribution in [1.82, 2.24) is 0 Å². The second kappa shape index (κ2) is 5.43. The Kier molecular flexibility index (Phi) is 4.16. The topological polar surface area (TPSA) is 0 Å². The standard InChI is InChI=1S/C12H9Br2FS/c13-10(5-8-3-4-16-7-8)9-1-2-12(15)11(14)6-9/h1-4,6-7,10H,5H2. The second-order valence-corrected chi connectivity index (χ2v) is 6.22. The molecule has 2 aromatic rings. The summed E-state index contributed by atoms with van der Waals surface area (Å²) in [6, 6.07) is 7.23. The van der Waals surface area contributed by atoms with E-state index in [-0.39, 0.29) is 10.6 Å². The quantitative estimate of drug-likeness (QED) is 0.646. The van der Waals surface area contributed by atoms with Crippen molar-refractivity contribution in [1.29, 1.82) is 0 Å². The van der Waals surface area contributed by atoms with Crippen LogP contribution >= 0.6 is 43.2 Å². The summed E-state index contributed by atoms with van der Waals surface area (Å²) in [7, 11) is 0. The SMILES string of the molecule is Fc1ccc(C(Br)Cc2ccsc2)cc1Br. The van der Waals surface area contributed by atoms with E-state index in [1.807, 2.05) is 12.1 Å². The molecule has 0 radical (unpaired) electrons. The van der Waals surface area contributed by atoms with Gasteiger partial charge < -0.3 is 0 Å². The van der Waals surface area contributed by atoms with Gasteiger partial charge >= 0.3 is 0 Å². The lowest BCUT2D eigenvalue weighted by atomic mass is 10.1. The van der Waals surface area contributed by atoms with Gasteiger partial charge in [0.05, 0.1) is 4.47 Å². The first-order valence-corrected chi connectivity index (χ1v) is 7.42. The Hall–Kier alpha value is -0.190. The van der Waals surface area contributed by atoms with Gasteiger partial charge in [0.15, 0.2) is 0 Å². The summed E-state index contributed by atoms with van der Waals surface area (Å²) >= 11 is 8.52. The average Bonchev–Trinajstić information content (AvgIpc) is 2.74. The minimum Gasteiger partial charge on any atom is -0.206 e. The molecular weight excluding hydrogens is 355 g/mol. The molecule has 0 aliphatic rings. The van der Waals surface area contributed by atoms with Crippen molar-refractivity contribution >= 4 is 43.2 Å².